The van der Waals surface area contributed by atoms with E-state index in [1.165, 1.54) is 29.5 Å². The van der Waals surface area contributed by atoms with Crippen LogP contribution in [0.25, 0.3) is 0 Å². The Hall–Kier alpha value is -2.90. The SMILES string of the molecule is CN(Cc1ccco1)C(=O)COc1cccnc1[N+](=O)[O-]. The number of hydrogen-bond acceptors (Lipinski definition) is 6. The lowest BCUT2D eigenvalue weighted by molar-refractivity contribution is -0.390. The second-order valence-corrected chi connectivity index (χ2v) is 4.20. The van der Waals surface area contributed by atoms with Gasteiger partial charge < -0.3 is 24.2 Å². The first-order valence-corrected chi connectivity index (χ1v) is 6.06. The van der Waals surface area contributed by atoms with Gasteiger partial charge in [-0.15, -0.1) is 0 Å². The van der Waals surface area contributed by atoms with Gasteiger partial charge in [0.2, 0.25) is 5.75 Å². The first-order valence-electron chi connectivity index (χ1n) is 6.06. The van der Waals surface area contributed by atoms with Crippen LogP contribution in [0.3, 0.4) is 0 Å². The Morgan fingerprint density at radius 3 is 2.95 bits per heavy atom. The third kappa shape index (κ3) is 3.78. The quantitative estimate of drug-likeness (QED) is 0.592. The highest BCUT2D eigenvalue weighted by Gasteiger charge is 2.18. The number of nitro groups is 1. The predicted octanol–water partition coefficient (Wildman–Crippen LogP) is 1.62. The Bertz CT molecular complexity index is 626. The number of hydrogen-bond donors (Lipinski definition) is 0. The number of likely N-dealkylation sites (N-methyl/N-ethyl adjacent to an activating group) is 1. The van der Waals surface area contributed by atoms with Crippen molar-refractivity contribution in [3.05, 3.63) is 52.6 Å². The van der Waals surface area contributed by atoms with Crippen molar-refractivity contribution in [2.24, 2.45) is 0 Å². The van der Waals surface area contributed by atoms with Gasteiger partial charge in [-0.1, -0.05) is 0 Å². The lowest BCUT2D eigenvalue weighted by atomic mass is 10.4. The molecule has 0 bridgehead atoms. The Kier molecular flexibility index (Phi) is 4.50. The van der Waals surface area contributed by atoms with Crippen LogP contribution in [0.5, 0.6) is 5.75 Å². The molecule has 0 aliphatic heterocycles. The number of amides is 1. The normalized spacial score (nSPS) is 10.1. The number of furan rings is 1. The monoisotopic (exact) mass is 291 g/mol. The number of carbonyl (C=O) groups is 1. The van der Waals surface area contributed by atoms with E-state index in [2.05, 4.69) is 4.98 Å². The van der Waals surface area contributed by atoms with E-state index in [4.69, 9.17) is 9.15 Å². The molecule has 0 aromatic carbocycles. The Balaban J connectivity index is 1.93. The molecule has 0 aliphatic rings. The molecular weight excluding hydrogens is 278 g/mol. The molecule has 0 spiro atoms. The van der Waals surface area contributed by atoms with Gasteiger partial charge in [-0.25, -0.2) is 0 Å². The first kappa shape index (κ1) is 14.5. The summed E-state index contributed by atoms with van der Waals surface area (Å²) in [4.78, 5) is 27.0. The number of nitrogens with zero attached hydrogens (tertiary/aromatic N) is 3. The summed E-state index contributed by atoms with van der Waals surface area (Å²) >= 11 is 0. The summed E-state index contributed by atoms with van der Waals surface area (Å²) in [5.74, 6) is -0.149. The van der Waals surface area contributed by atoms with E-state index in [-0.39, 0.29) is 18.3 Å². The second-order valence-electron chi connectivity index (χ2n) is 4.20. The highest BCUT2D eigenvalue weighted by atomic mass is 16.6. The van der Waals surface area contributed by atoms with Crippen LogP contribution in [0.15, 0.2) is 41.1 Å². The standard InChI is InChI=1S/C13H13N3O5/c1-15(8-10-4-3-7-20-10)12(17)9-21-11-5-2-6-14-13(11)16(18)19/h2-7H,8-9H2,1H3. The van der Waals surface area contributed by atoms with Crippen LogP contribution in [-0.4, -0.2) is 34.4 Å². The van der Waals surface area contributed by atoms with Crippen LogP contribution < -0.4 is 4.74 Å². The van der Waals surface area contributed by atoms with E-state index >= 15 is 0 Å². The van der Waals surface area contributed by atoms with E-state index in [0.29, 0.717) is 12.3 Å². The minimum absolute atomic E-state index is 0.0396. The predicted molar refractivity (Wildman–Crippen MR) is 71.6 cm³/mol. The lowest BCUT2D eigenvalue weighted by Gasteiger charge is -2.15. The largest absolute Gasteiger partial charge is 0.476 e. The zero-order valence-corrected chi connectivity index (χ0v) is 11.3. The van der Waals surface area contributed by atoms with Gasteiger partial charge in [0.25, 0.3) is 5.91 Å². The Labute approximate surface area is 120 Å². The number of pyridine rings is 1. The van der Waals surface area contributed by atoms with E-state index in [1.54, 1.807) is 19.2 Å². The molecule has 0 aliphatic carbocycles. The van der Waals surface area contributed by atoms with Crippen LogP contribution in [0, 0.1) is 10.1 Å². The van der Waals surface area contributed by atoms with Crippen molar-refractivity contribution in [3.8, 4) is 5.75 Å². The molecule has 2 rings (SSSR count). The third-order valence-electron chi connectivity index (χ3n) is 2.67. The van der Waals surface area contributed by atoms with Crippen molar-refractivity contribution in [2.45, 2.75) is 6.54 Å². The summed E-state index contributed by atoms with van der Waals surface area (Å²) < 4.78 is 10.3. The van der Waals surface area contributed by atoms with Gasteiger partial charge in [0.05, 0.1) is 12.8 Å². The molecule has 0 N–H and O–H groups in total. The lowest BCUT2D eigenvalue weighted by Crippen LogP contribution is -2.30. The molecule has 0 unspecified atom stereocenters. The van der Waals surface area contributed by atoms with Gasteiger partial charge in [-0.05, 0) is 34.2 Å². The van der Waals surface area contributed by atoms with Crippen molar-refractivity contribution in [3.63, 3.8) is 0 Å². The molecule has 0 atom stereocenters. The highest BCUT2D eigenvalue weighted by Crippen LogP contribution is 2.22. The van der Waals surface area contributed by atoms with Gasteiger partial charge in [-0.3, -0.25) is 4.79 Å². The second kappa shape index (κ2) is 6.51. The summed E-state index contributed by atoms with van der Waals surface area (Å²) in [6.07, 6.45) is 2.80. The molecule has 8 nitrogen and oxygen atoms in total. The summed E-state index contributed by atoms with van der Waals surface area (Å²) in [5.41, 5.74) is 0. The van der Waals surface area contributed by atoms with Gasteiger partial charge in [-0.2, -0.15) is 0 Å². The first-order chi connectivity index (χ1) is 10.1. The van der Waals surface area contributed by atoms with Crippen LogP contribution in [0.4, 0.5) is 5.82 Å². The molecule has 21 heavy (non-hydrogen) atoms. The van der Waals surface area contributed by atoms with Crippen molar-refractivity contribution in [2.75, 3.05) is 13.7 Å². The van der Waals surface area contributed by atoms with Crippen molar-refractivity contribution in [1.29, 1.82) is 0 Å². The average molecular weight is 291 g/mol. The molecule has 110 valence electrons. The van der Waals surface area contributed by atoms with Crippen LogP contribution in [-0.2, 0) is 11.3 Å². The minimum Gasteiger partial charge on any atom is -0.476 e. The maximum Gasteiger partial charge on any atom is 0.406 e. The molecule has 2 heterocycles. The van der Waals surface area contributed by atoms with Crippen molar-refractivity contribution < 1.29 is 18.9 Å². The van der Waals surface area contributed by atoms with E-state index < -0.39 is 10.7 Å². The maximum atomic E-state index is 11.9. The summed E-state index contributed by atoms with van der Waals surface area (Å²) in [6, 6.07) is 6.37. The maximum absolute atomic E-state index is 11.9. The van der Waals surface area contributed by atoms with Crippen molar-refractivity contribution in [1.82, 2.24) is 9.88 Å². The van der Waals surface area contributed by atoms with Crippen LogP contribution in [0.1, 0.15) is 5.76 Å². The number of aromatic nitrogens is 1. The zero-order valence-electron chi connectivity index (χ0n) is 11.3. The highest BCUT2D eigenvalue weighted by molar-refractivity contribution is 5.77. The van der Waals surface area contributed by atoms with Gasteiger partial charge >= 0.3 is 5.82 Å². The number of rotatable bonds is 6. The fourth-order valence-corrected chi connectivity index (χ4v) is 1.61. The summed E-state index contributed by atoms with van der Waals surface area (Å²) in [5, 5.41) is 10.8. The van der Waals surface area contributed by atoms with Gasteiger partial charge in [0.15, 0.2) is 6.61 Å². The molecule has 0 radical (unpaired) electrons. The fraction of sp³-hybridized carbons (Fsp3) is 0.231. The molecule has 2 aromatic rings. The summed E-state index contributed by atoms with van der Waals surface area (Å²) in [7, 11) is 1.59. The molecule has 1 amide bonds. The van der Waals surface area contributed by atoms with E-state index in [9.17, 15) is 14.9 Å². The fourth-order valence-electron chi connectivity index (χ4n) is 1.61. The molecular formula is C13H13N3O5. The number of ether oxygens (including phenoxy) is 1. The number of carbonyl (C=O) groups excluding carboxylic acids is 1. The van der Waals surface area contributed by atoms with E-state index in [0.717, 1.165) is 0 Å². The van der Waals surface area contributed by atoms with Crippen LogP contribution >= 0.6 is 0 Å². The average Bonchev–Trinajstić information content (AvgIpc) is 2.97. The molecule has 0 saturated heterocycles. The molecule has 2 aromatic heterocycles. The third-order valence-corrected chi connectivity index (χ3v) is 2.67. The minimum atomic E-state index is -0.660. The molecule has 0 saturated carbocycles. The van der Waals surface area contributed by atoms with Crippen molar-refractivity contribution >= 4 is 11.7 Å². The summed E-state index contributed by atoms with van der Waals surface area (Å²) in [6.45, 7) is -0.0198. The van der Waals surface area contributed by atoms with Gasteiger partial charge in [0.1, 0.15) is 12.0 Å². The Morgan fingerprint density at radius 2 is 2.29 bits per heavy atom. The molecule has 0 fully saturated rings. The molecule has 8 heteroatoms. The van der Waals surface area contributed by atoms with E-state index in [1.807, 2.05) is 0 Å². The van der Waals surface area contributed by atoms with Crippen LogP contribution in [0.2, 0.25) is 0 Å². The topological polar surface area (TPSA) is 98.7 Å². The zero-order chi connectivity index (χ0) is 15.2. The smallest absolute Gasteiger partial charge is 0.406 e. The van der Waals surface area contributed by atoms with Gasteiger partial charge in [0, 0.05) is 7.05 Å². The Morgan fingerprint density at radius 1 is 1.48 bits per heavy atom.